The molecule has 216 valence electrons. The molecule has 0 saturated heterocycles. The van der Waals surface area contributed by atoms with Crippen LogP contribution < -0.4 is 4.72 Å². The van der Waals surface area contributed by atoms with E-state index in [1.807, 2.05) is 36.6 Å². The van der Waals surface area contributed by atoms with Crippen LogP contribution in [0.2, 0.25) is 5.02 Å². The van der Waals surface area contributed by atoms with Crippen molar-refractivity contribution in [1.82, 2.24) is 14.5 Å². The van der Waals surface area contributed by atoms with Crippen molar-refractivity contribution in [2.45, 2.75) is 51.8 Å². The van der Waals surface area contributed by atoms with Crippen LogP contribution in [0.4, 0.5) is 18.9 Å². The predicted molar refractivity (Wildman–Crippen MR) is 151 cm³/mol. The number of aryl methyl sites for hydroxylation is 2. The molecule has 1 unspecified atom stereocenters. The van der Waals surface area contributed by atoms with Gasteiger partial charge in [0.05, 0.1) is 23.4 Å². The topological polar surface area (TPSA) is 110 Å². The molecule has 0 aliphatic heterocycles. The molecule has 8 nitrogen and oxygen atoms in total. The lowest BCUT2D eigenvalue weighted by Crippen LogP contribution is -2.30. The molecule has 2 N–H and O–H groups in total. The maximum Gasteiger partial charge on any atom is 0.516 e. The van der Waals surface area contributed by atoms with E-state index in [1.54, 1.807) is 17.7 Å². The van der Waals surface area contributed by atoms with E-state index in [1.165, 1.54) is 24.3 Å². The maximum atomic E-state index is 13.0. The summed E-state index contributed by atoms with van der Waals surface area (Å²) in [4.78, 5) is 9.56. The number of hydrogen-bond acceptors (Lipinski definition) is 6. The number of anilines is 1. The third-order valence-electron chi connectivity index (χ3n) is 6.60. The Morgan fingerprint density at radius 3 is 2.56 bits per heavy atom. The largest absolute Gasteiger partial charge is 0.516 e. The Balaban J connectivity index is 1.56. The van der Waals surface area contributed by atoms with E-state index in [0.29, 0.717) is 36.0 Å². The number of rotatable bonds is 8. The van der Waals surface area contributed by atoms with Gasteiger partial charge in [-0.25, -0.2) is 9.97 Å². The summed E-state index contributed by atoms with van der Waals surface area (Å²) in [5, 5.41) is 10.5. The van der Waals surface area contributed by atoms with Crippen LogP contribution in [0.1, 0.15) is 36.5 Å². The highest BCUT2D eigenvalue weighted by molar-refractivity contribution is 7.93. The number of aromatic nitrogens is 3. The first-order valence-corrected chi connectivity index (χ1v) is 14.6. The van der Waals surface area contributed by atoms with Gasteiger partial charge in [-0.3, -0.25) is 4.72 Å². The lowest BCUT2D eigenvalue weighted by molar-refractivity contribution is -0.0429. The fraction of sp³-hybridized carbons (Fsp3) is 0.286. The van der Waals surface area contributed by atoms with Crippen LogP contribution in [0.3, 0.4) is 0 Å². The summed E-state index contributed by atoms with van der Waals surface area (Å²) in [5.41, 5.74) is -1.36. The number of halogens is 4. The summed E-state index contributed by atoms with van der Waals surface area (Å²) in [5.74, 6) is 0.858. The molecular weight excluding hydrogens is 581 g/mol. The van der Waals surface area contributed by atoms with Crippen molar-refractivity contribution in [3.8, 4) is 11.3 Å². The predicted octanol–water partition coefficient (Wildman–Crippen LogP) is 6.60. The molecule has 13 heteroatoms. The summed E-state index contributed by atoms with van der Waals surface area (Å²) in [6, 6.07) is 12.8. The zero-order chi connectivity index (χ0) is 29.7. The number of sulfonamides is 1. The van der Waals surface area contributed by atoms with Gasteiger partial charge in [0.1, 0.15) is 16.9 Å². The minimum absolute atomic E-state index is 0.0293. The fourth-order valence-corrected chi connectivity index (χ4v) is 5.61. The van der Waals surface area contributed by atoms with Crippen LogP contribution in [0.25, 0.3) is 33.5 Å². The van der Waals surface area contributed by atoms with Gasteiger partial charge in [0.25, 0.3) is 0 Å². The van der Waals surface area contributed by atoms with Crippen LogP contribution in [0, 0.1) is 6.92 Å². The Labute approximate surface area is 238 Å². The maximum absolute atomic E-state index is 13.0. The number of aliphatic hydroxyl groups is 1. The van der Waals surface area contributed by atoms with Crippen molar-refractivity contribution < 1.29 is 31.1 Å². The molecule has 5 rings (SSSR count). The SMILES string of the molecule is CCc1nc2c(C)cc(CC(C)O)nc2n1Cc1ccc2oc(-c3ccccc3NS(=O)(=O)C(F)(F)F)c(Cl)c2c1. The molecule has 0 saturated carbocycles. The minimum Gasteiger partial charge on any atom is -0.454 e. The summed E-state index contributed by atoms with van der Waals surface area (Å²) < 4.78 is 72.1. The van der Waals surface area contributed by atoms with Gasteiger partial charge in [0.2, 0.25) is 0 Å². The van der Waals surface area contributed by atoms with E-state index < -0.39 is 21.6 Å². The van der Waals surface area contributed by atoms with E-state index in [-0.39, 0.29) is 22.0 Å². The van der Waals surface area contributed by atoms with Gasteiger partial charge < -0.3 is 14.1 Å². The lowest BCUT2D eigenvalue weighted by atomic mass is 10.1. The molecule has 0 aliphatic rings. The normalized spacial score (nSPS) is 13.3. The van der Waals surface area contributed by atoms with Gasteiger partial charge in [0, 0.05) is 29.5 Å². The fourth-order valence-electron chi connectivity index (χ4n) is 4.74. The molecule has 0 fully saturated rings. The quantitative estimate of drug-likeness (QED) is 0.206. The number of pyridine rings is 1. The molecule has 1 atom stereocenters. The number of fused-ring (bicyclic) bond motifs is 2. The summed E-state index contributed by atoms with van der Waals surface area (Å²) in [6.45, 7) is 6.06. The number of nitrogens with zero attached hydrogens (tertiary/aromatic N) is 3. The first-order valence-electron chi connectivity index (χ1n) is 12.7. The lowest BCUT2D eigenvalue weighted by Gasteiger charge is -2.13. The summed E-state index contributed by atoms with van der Waals surface area (Å²) in [7, 11) is -5.66. The van der Waals surface area contributed by atoms with Crippen LogP contribution >= 0.6 is 11.6 Å². The Hall–Kier alpha value is -3.61. The van der Waals surface area contributed by atoms with Gasteiger partial charge in [0.15, 0.2) is 11.4 Å². The number of para-hydroxylation sites is 1. The summed E-state index contributed by atoms with van der Waals surface area (Å²) >= 11 is 6.67. The summed E-state index contributed by atoms with van der Waals surface area (Å²) in [6.07, 6.45) is 0.518. The highest BCUT2D eigenvalue weighted by Gasteiger charge is 2.46. The van der Waals surface area contributed by atoms with Crippen molar-refractivity contribution in [3.05, 3.63) is 76.2 Å². The molecule has 2 aromatic carbocycles. The van der Waals surface area contributed by atoms with Crippen LogP contribution in [-0.2, 0) is 29.4 Å². The number of nitrogens with one attached hydrogen (secondary N) is 1. The van der Waals surface area contributed by atoms with Crippen molar-refractivity contribution in [2.75, 3.05) is 4.72 Å². The number of benzene rings is 2. The first-order chi connectivity index (χ1) is 19.3. The molecule has 0 amide bonds. The zero-order valence-electron chi connectivity index (χ0n) is 22.3. The Morgan fingerprint density at radius 1 is 1.15 bits per heavy atom. The van der Waals surface area contributed by atoms with Crippen LogP contribution in [-0.4, -0.2) is 39.7 Å². The van der Waals surface area contributed by atoms with E-state index in [4.69, 9.17) is 26.0 Å². The standard InChI is InChI=1S/C28H26ClF3N4O4S/c1-4-23-34-25-15(2)11-18(12-16(3)37)33-27(25)36(23)14-17-9-10-22-20(13-17)24(29)26(40-22)19-7-5-6-8-21(19)35-41(38,39)28(30,31)32/h5-11,13,16,35,37H,4,12,14H2,1-3H3. The number of aliphatic hydroxyl groups excluding tert-OH is 1. The average molecular weight is 607 g/mol. The van der Waals surface area contributed by atoms with Gasteiger partial charge in [-0.2, -0.15) is 21.6 Å². The molecule has 0 spiro atoms. The molecule has 5 aromatic rings. The Kier molecular flexibility index (Phi) is 7.51. The molecule has 41 heavy (non-hydrogen) atoms. The first kappa shape index (κ1) is 28.9. The zero-order valence-corrected chi connectivity index (χ0v) is 23.8. The van der Waals surface area contributed by atoms with E-state index in [2.05, 4.69) is 0 Å². The smallest absolute Gasteiger partial charge is 0.454 e. The molecule has 3 heterocycles. The second kappa shape index (κ2) is 10.7. The third-order valence-corrected chi connectivity index (χ3v) is 8.07. The molecule has 0 aliphatic carbocycles. The number of imidazole rings is 1. The van der Waals surface area contributed by atoms with E-state index in [0.717, 1.165) is 28.2 Å². The van der Waals surface area contributed by atoms with Crippen molar-refractivity contribution in [1.29, 1.82) is 0 Å². The highest BCUT2D eigenvalue weighted by Crippen LogP contribution is 2.41. The molecular formula is C28H26ClF3N4O4S. The van der Waals surface area contributed by atoms with E-state index in [9.17, 15) is 26.7 Å². The average Bonchev–Trinajstić information content (AvgIpc) is 3.40. The van der Waals surface area contributed by atoms with Crippen LogP contribution in [0.15, 0.2) is 52.9 Å². The minimum atomic E-state index is -5.66. The van der Waals surface area contributed by atoms with Gasteiger partial charge in [-0.1, -0.05) is 36.7 Å². The third kappa shape index (κ3) is 5.51. The van der Waals surface area contributed by atoms with Gasteiger partial charge >= 0.3 is 15.5 Å². The molecule has 0 radical (unpaired) electrons. The highest BCUT2D eigenvalue weighted by atomic mass is 35.5. The molecule has 3 aromatic heterocycles. The number of furan rings is 1. The van der Waals surface area contributed by atoms with Crippen molar-refractivity contribution >= 4 is 49.4 Å². The van der Waals surface area contributed by atoms with Crippen molar-refractivity contribution in [3.63, 3.8) is 0 Å². The van der Waals surface area contributed by atoms with Gasteiger partial charge in [-0.15, -0.1) is 0 Å². The number of alkyl halides is 3. The second-order valence-electron chi connectivity index (χ2n) is 9.80. The monoisotopic (exact) mass is 606 g/mol. The van der Waals surface area contributed by atoms with Crippen LogP contribution in [0.5, 0.6) is 0 Å². The van der Waals surface area contributed by atoms with Gasteiger partial charge in [-0.05, 0) is 55.3 Å². The second-order valence-corrected chi connectivity index (χ2v) is 11.8. The molecule has 0 bridgehead atoms. The van der Waals surface area contributed by atoms with Crippen molar-refractivity contribution in [2.24, 2.45) is 0 Å². The van der Waals surface area contributed by atoms with E-state index >= 15 is 0 Å². The number of hydrogen-bond donors (Lipinski definition) is 2. The Bertz CT molecular complexity index is 1880. The Morgan fingerprint density at radius 2 is 1.88 bits per heavy atom.